The minimum Gasteiger partial charge on any atom is -0.493 e. The molecule has 1 aliphatic heterocycles. The summed E-state index contributed by atoms with van der Waals surface area (Å²) in [7, 11) is 0. The van der Waals surface area contributed by atoms with Gasteiger partial charge in [-0.3, -0.25) is 4.79 Å². The summed E-state index contributed by atoms with van der Waals surface area (Å²) in [5.74, 6) is 1.69. The first kappa shape index (κ1) is 22.9. The molecule has 0 fully saturated rings. The number of carboxylic acids is 1. The standard InChI is InChI=1S/C27H32N2O4/c1-19-11-13-21(14-12-19)27-28-23(20(2)33-27)15-18-32-25-9-5-8-24-22(25)7-6-17-29(24)16-4-3-10-26(30)31/h5,8-9,11-14H,3-4,6-7,10,15-18H2,1-2H3,(H,30,31). The predicted octanol–water partition coefficient (Wildman–Crippen LogP) is 5.59. The molecule has 2 aromatic carbocycles. The summed E-state index contributed by atoms with van der Waals surface area (Å²) in [5, 5.41) is 8.86. The highest BCUT2D eigenvalue weighted by Crippen LogP contribution is 2.34. The third-order valence-electron chi connectivity index (χ3n) is 6.16. The first-order chi connectivity index (χ1) is 16.0. The molecule has 0 amide bonds. The highest BCUT2D eigenvalue weighted by Gasteiger charge is 2.20. The summed E-state index contributed by atoms with van der Waals surface area (Å²) in [4.78, 5) is 17.8. The molecule has 1 aromatic heterocycles. The molecule has 33 heavy (non-hydrogen) atoms. The lowest BCUT2D eigenvalue weighted by Gasteiger charge is -2.32. The van der Waals surface area contributed by atoms with Crippen LogP contribution in [0.1, 0.15) is 48.3 Å². The van der Waals surface area contributed by atoms with Gasteiger partial charge in [0.25, 0.3) is 0 Å². The Labute approximate surface area is 195 Å². The van der Waals surface area contributed by atoms with Crippen molar-refractivity contribution in [3.63, 3.8) is 0 Å². The minimum absolute atomic E-state index is 0.233. The van der Waals surface area contributed by atoms with Crippen molar-refractivity contribution >= 4 is 11.7 Å². The summed E-state index contributed by atoms with van der Waals surface area (Å²) in [5.41, 5.74) is 5.58. The van der Waals surface area contributed by atoms with Gasteiger partial charge in [0.15, 0.2) is 0 Å². The molecule has 4 rings (SSSR count). The number of hydrogen-bond donors (Lipinski definition) is 1. The maximum atomic E-state index is 10.8. The average molecular weight is 449 g/mol. The highest BCUT2D eigenvalue weighted by atomic mass is 16.5. The molecule has 6 nitrogen and oxygen atoms in total. The quantitative estimate of drug-likeness (QED) is 0.408. The van der Waals surface area contributed by atoms with Gasteiger partial charge in [0.2, 0.25) is 5.89 Å². The van der Waals surface area contributed by atoms with Crippen molar-refractivity contribution in [2.75, 3.05) is 24.6 Å². The minimum atomic E-state index is -0.724. The van der Waals surface area contributed by atoms with Crippen LogP contribution in [0.3, 0.4) is 0 Å². The van der Waals surface area contributed by atoms with Crippen molar-refractivity contribution < 1.29 is 19.1 Å². The van der Waals surface area contributed by atoms with E-state index in [-0.39, 0.29) is 6.42 Å². The van der Waals surface area contributed by atoms with Gasteiger partial charge in [-0.15, -0.1) is 0 Å². The Morgan fingerprint density at radius 2 is 1.97 bits per heavy atom. The van der Waals surface area contributed by atoms with Crippen LogP contribution in [0.2, 0.25) is 0 Å². The van der Waals surface area contributed by atoms with Gasteiger partial charge in [0.05, 0.1) is 12.3 Å². The van der Waals surface area contributed by atoms with E-state index in [1.165, 1.54) is 16.8 Å². The summed E-state index contributed by atoms with van der Waals surface area (Å²) in [6, 6.07) is 14.4. The van der Waals surface area contributed by atoms with Gasteiger partial charge in [0.1, 0.15) is 11.5 Å². The van der Waals surface area contributed by atoms with E-state index >= 15 is 0 Å². The molecule has 3 aromatic rings. The Kier molecular flexibility index (Phi) is 7.33. The molecule has 1 aliphatic rings. The molecular formula is C27H32N2O4. The first-order valence-electron chi connectivity index (χ1n) is 11.8. The number of oxazole rings is 1. The van der Waals surface area contributed by atoms with Gasteiger partial charge < -0.3 is 19.2 Å². The number of unbranched alkanes of at least 4 members (excludes halogenated alkanes) is 1. The van der Waals surface area contributed by atoms with Gasteiger partial charge in [0, 0.05) is 42.7 Å². The van der Waals surface area contributed by atoms with Crippen molar-refractivity contribution in [2.45, 2.75) is 52.4 Å². The van der Waals surface area contributed by atoms with E-state index in [1.54, 1.807) is 0 Å². The Bertz CT molecular complexity index is 1090. The van der Waals surface area contributed by atoms with Gasteiger partial charge >= 0.3 is 5.97 Å². The van der Waals surface area contributed by atoms with Gasteiger partial charge in [-0.2, -0.15) is 0 Å². The molecule has 2 heterocycles. The number of benzene rings is 2. The normalized spacial score (nSPS) is 13.1. The van der Waals surface area contributed by atoms with Crippen molar-refractivity contribution in [1.29, 1.82) is 0 Å². The predicted molar refractivity (Wildman–Crippen MR) is 129 cm³/mol. The van der Waals surface area contributed by atoms with Crippen LogP contribution in [0.4, 0.5) is 5.69 Å². The zero-order valence-corrected chi connectivity index (χ0v) is 19.5. The number of carboxylic acid groups (broad SMARTS) is 1. The second kappa shape index (κ2) is 10.6. The SMILES string of the molecule is Cc1ccc(-c2nc(CCOc3cccc4c3CCCN4CCCCC(=O)O)c(C)o2)cc1. The smallest absolute Gasteiger partial charge is 0.303 e. The lowest BCUT2D eigenvalue weighted by atomic mass is 10.00. The zero-order valence-electron chi connectivity index (χ0n) is 19.5. The van der Waals surface area contributed by atoms with E-state index in [9.17, 15) is 4.79 Å². The third-order valence-corrected chi connectivity index (χ3v) is 6.16. The second-order valence-corrected chi connectivity index (χ2v) is 8.68. The Balaban J connectivity index is 1.37. The summed E-state index contributed by atoms with van der Waals surface area (Å²) >= 11 is 0. The number of aryl methyl sites for hydroxylation is 2. The molecule has 174 valence electrons. The summed E-state index contributed by atoms with van der Waals surface area (Å²) < 4.78 is 12.1. The molecule has 0 saturated heterocycles. The van der Waals surface area contributed by atoms with E-state index in [4.69, 9.17) is 19.2 Å². The Hall–Kier alpha value is -3.28. The van der Waals surface area contributed by atoms with E-state index in [1.807, 2.05) is 31.2 Å². The topological polar surface area (TPSA) is 75.8 Å². The van der Waals surface area contributed by atoms with E-state index in [0.717, 1.165) is 55.1 Å². The molecule has 0 unspecified atom stereocenters. The molecule has 0 bridgehead atoms. The van der Waals surface area contributed by atoms with Crippen molar-refractivity contribution in [3.05, 3.63) is 65.0 Å². The molecule has 6 heteroatoms. The van der Waals surface area contributed by atoms with Crippen LogP contribution in [0.25, 0.3) is 11.5 Å². The second-order valence-electron chi connectivity index (χ2n) is 8.68. The molecule has 0 aliphatic carbocycles. The van der Waals surface area contributed by atoms with E-state index in [2.05, 4.69) is 30.0 Å². The molecular weight excluding hydrogens is 416 g/mol. The largest absolute Gasteiger partial charge is 0.493 e. The van der Waals surface area contributed by atoms with E-state index < -0.39 is 5.97 Å². The number of ether oxygens (including phenoxy) is 1. The van der Waals surface area contributed by atoms with Gasteiger partial charge in [-0.1, -0.05) is 23.8 Å². The number of carbonyl (C=O) groups is 1. The summed E-state index contributed by atoms with van der Waals surface area (Å²) in [6.45, 7) is 6.43. The number of rotatable bonds is 10. The van der Waals surface area contributed by atoms with Crippen LogP contribution in [-0.4, -0.2) is 35.8 Å². The number of nitrogens with zero attached hydrogens (tertiary/aromatic N) is 2. The average Bonchev–Trinajstić information content (AvgIpc) is 3.17. The van der Waals surface area contributed by atoms with Crippen LogP contribution in [0.15, 0.2) is 46.9 Å². The maximum absolute atomic E-state index is 10.8. The fourth-order valence-electron chi connectivity index (χ4n) is 4.35. The fourth-order valence-corrected chi connectivity index (χ4v) is 4.35. The van der Waals surface area contributed by atoms with Gasteiger partial charge in [-0.05, 0) is 63.8 Å². The number of aromatic nitrogens is 1. The van der Waals surface area contributed by atoms with Crippen molar-refractivity contribution in [3.8, 4) is 17.2 Å². The number of hydrogen-bond acceptors (Lipinski definition) is 5. The zero-order chi connectivity index (χ0) is 23.2. The molecule has 0 saturated carbocycles. The Morgan fingerprint density at radius 1 is 1.15 bits per heavy atom. The molecule has 0 radical (unpaired) electrons. The first-order valence-corrected chi connectivity index (χ1v) is 11.8. The lowest BCUT2D eigenvalue weighted by molar-refractivity contribution is -0.137. The number of anilines is 1. The highest BCUT2D eigenvalue weighted by molar-refractivity contribution is 5.66. The molecule has 0 atom stereocenters. The van der Waals surface area contributed by atoms with Crippen molar-refractivity contribution in [1.82, 2.24) is 4.98 Å². The fraction of sp³-hybridized carbons (Fsp3) is 0.407. The van der Waals surface area contributed by atoms with Crippen LogP contribution in [-0.2, 0) is 17.6 Å². The van der Waals surface area contributed by atoms with Crippen LogP contribution in [0.5, 0.6) is 5.75 Å². The maximum Gasteiger partial charge on any atom is 0.303 e. The van der Waals surface area contributed by atoms with Crippen LogP contribution < -0.4 is 9.64 Å². The van der Waals surface area contributed by atoms with Crippen LogP contribution >= 0.6 is 0 Å². The number of fused-ring (bicyclic) bond motifs is 1. The van der Waals surface area contributed by atoms with Gasteiger partial charge in [-0.25, -0.2) is 4.98 Å². The van der Waals surface area contributed by atoms with E-state index in [0.29, 0.717) is 25.3 Å². The third kappa shape index (κ3) is 5.75. The summed E-state index contributed by atoms with van der Waals surface area (Å²) in [6.07, 6.45) is 4.58. The number of aliphatic carboxylic acids is 1. The Morgan fingerprint density at radius 3 is 2.76 bits per heavy atom. The van der Waals surface area contributed by atoms with Crippen LogP contribution in [0, 0.1) is 13.8 Å². The lowest BCUT2D eigenvalue weighted by Crippen LogP contribution is -2.30. The monoisotopic (exact) mass is 448 g/mol. The molecule has 0 spiro atoms. The molecule has 1 N–H and O–H groups in total. The van der Waals surface area contributed by atoms with Crippen molar-refractivity contribution in [2.24, 2.45) is 0 Å².